The molecule has 0 aliphatic carbocycles. The molecule has 4 heterocycles. The van der Waals surface area contributed by atoms with Crippen molar-refractivity contribution in [1.29, 1.82) is 0 Å². The standard InChI is InChI=1S/C23H27F3N8O2/c1-16(14-31-9-8-27-21(35)15-31)36-18-4-2-17(3-5-18)32-10-12-33(13-11-32)20-7-6-19-28-29-22(23(24,25)26)34(19)30-20/h2-7,16H,8-15H2,1H3,(H,27,35). The summed E-state index contributed by atoms with van der Waals surface area (Å²) < 4.78 is 46.3. The summed E-state index contributed by atoms with van der Waals surface area (Å²) in [5, 5.41) is 13.8. The second kappa shape index (κ2) is 9.80. The molecule has 2 fully saturated rings. The first-order chi connectivity index (χ1) is 17.3. The first-order valence-corrected chi connectivity index (χ1v) is 11.8. The molecule has 2 aliphatic heterocycles. The van der Waals surface area contributed by atoms with Crippen LogP contribution in [0.2, 0.25) is 0 Å². The van der Waals surface area contributed by atoms with Crippen molar-refractivity contribution in [3.8, 4) is 5.75 Å². The molecule has 0 radical (unpaired) electrons. The Balaban J connectivity index is 1.16. The Hall–Kier alpha value is -3.61. The van der Waals surface area contributed by atoms with Crippen molar-refractivity contribution in [2.24, 2.45) is 0 Å². The number of hydrogen-bond acceptors (Lipinski definition) is 8. The van der Waals surface area contributed by atoms with E-state index >= 15 is 0 Å². The number of halogens is 3. The smallest absolute Gasteiger partial charge is 0.453 e. The van der Waals surface area contributed by atoms with E-state index in [1.165, 1.54) is 6.07 Å². The number of nitrogens with one attached hydrogen (secondary N) is 1. The van der Waals surface area contributed by atoms with Crippen molar-refractivity contribution in [3.05, 3.63) is 42.2 Å². The maximum atomic E-state index is 13.2. The predicted octanol–water partition coefficient (Wildman–Crippen LogP) is 1.67. The molecule has 1 aromatic carbocycles. The van der Waals surface area contributed by atoms with E-state index in [2.05, 4.69) is 30.4 Å². The molecule has 1 N–H and O–H groups in total. The topological polar surface area (TPSA) is 91.1 Å². The maximum absolute atomic E-state index is 13.2. The van der Waals surface area contributed by atoms with Gasteiger partial charge in [0.1, 0.15) is 17.7 Å². The molecule has 36 heavy (non-hydrogen) atoms. The lowest BCUT2D eigenvalue weighted by molar-refractivity contribution is -0.146. The van der Waals surface area contributed by atoms with Crippen LogP contribution in [-0.4, -0.2) is 89.1 Å². The predicted molar refractivity (Wildman–Crippen MR) is 126 cm³/mol. The fourth-order valence-corrected chi connectivity index (χ4v) is 4.53. The van der Waals surface area contributed by atoms with Gasteiger partial charge in [-0.3, -0.25) is 9.69 Å². The van der Waals surface area contributed by atoms with Crippen LogP contribution in [0.1, 0.15) is 12.7 Å². The van der Waals surface area contributed by atoms with E-state index in [0.29, 0.717) is 51.6 Å². The number of piperazine rings is 2. The number of hydrogen-bond donors (Lipinski definition) is 1. The number of benzene rings is 1. The third-order valence-electron chi connectivity index (χ3n) is 6.28. The molecule has 1 amide bonds. The van der Waals surface area contributed by atoms with Gasteiger partial charge in [0.25, 0.3) is 5.82 Å². The molecule has 3 aromatic rings. The van der Waals surface area contributed by atoms with E-state index in [-0.39, 0.29) is 17.7 Å². The van der Waals surface area contributed by atoms with Crippen LogP contribution in [0.15, 0.2) is 36.4 Å². The molecule has 2 aliphatic rings. The quantitative estimate of drug-likeness (QED) is 0.542. The van der Waals surface area contributed by atoms with Crippen LogP contribution in [-0.2, 0) is 11.0 Å². The van der Waals surface area contributed by atoms with Crippen LogP contribution in [0.4, 0.5) is 24.7 Å². The average Bonchev–Trinajstić information content (AvgIpc) is 3.29. The Kier molecular flexibility index (Phi) is 6.56. The summed E-state index contributed by atoms with van der Waals surface area (Å²) in [5.74, 6) is 0.129. The molecule has 1 atom stereocenters. The normalized spacial score (nSPS) is 18.4. The zero-order chi connectivity index (χ0) is 25.3. The van der Waals surface area contributed by atoms with Gasteiger partial charge in [-0.2, -0.15) is 17.7 Å². The Labute approximate surface area is 205 Å². The molecular weight excluding hydrogens is 477 g/mol. The van der Waals surface area contributed by atoms with Gasteiger partial charge >= 0.3 is 6.18 Å². The maximum Gasteiger partial charge on any atom is 0.453 e. The first-order valence-electron chi connectivity index (χ1n) is 11.8. The van der Waals surface area contributed by atoms with Crippen LogP contribution in [0.3, 0.4) is 0 Å². The molecular formula is C23H27F3N8O2. The summed E-state index contributed by atoms with van der Waals surface area (Å²) in [5.41, 5.74) is 1.10. The largest absolute Gasteiger partial charge is 0.489 e. The molecule has 0 saturated carbocycles. The van der Waals surface area contributed by atoms with Crippen LogP contribution in [0.25, 0.3) is 5.65 Å². The van der Waals surface area contributed by atoms with E-state index in [1.807, 2.05) is 36.1 Å². The van der Waals surface area contributed by atoms with Crippen molar-refractivity contribution >= 4 is 23.1 Å². The summed E-state index contributed by atoms with van der Waals surface area (Å²) in [6.45, 7) is 7.15. The lowest BCUT2D eigenvalue weighted by Crippen LogP contribution is -2.50. The highest BCUT2D eigenvalue weighted by atomic mass is 19.4. The minimum absolute atomic E-state index is 0.0408. The van der Waals surface area contributed by atoms with E-state index in [9.17, 15) is 18.0 Å². The molecule has 0 spiro atoms. The van der Waals surface area contributed by atoms with Gasteiger partial charge in [0.2, 0.25) is 5.91 Å². The summed E-state index contributed by atoms with van der Waals surface area (Å²) in [7, 11) is 0. The van der Waals surface area contributed by atoms with Gasteiger partial charge < -0.3 is 19.9 Å². The van der Waals surface area contributed by atoms with Gasteiger partial charge in [-0.15, -0.1) is 15.3 Å². The third kappa shape index (κ3) is 5.30. The second-order valence-corrected chi connectivity index (χ2v) is 8.96. The summed E-state index contributed by atoms with van der Waals surface area (Å²) in [6, 6.07) is 11.0. The average molecular weight is 505 g/mol. The summed E-state index contributed by atoms with van der Waals surface area (Å²) in [6.07, 6.45) is -4.68. The van der Waals surface area contributed by atoms with Gasteiger partial charge in [0.15, 0.2) is 5.65 Å². The zero-order valence-electron chi connectivity index (χ0n) is 19.8. The fraction of sp³-hybridized carbons (Fsp3) is 0.478. The van der Waals surface area contributed by atoms with Crippen molar-refractivity contribution < 1.29 is 22.7 Å². The number of carbonyl (C=O) groups excluding carboxylic acids is 1. The number of fused-ring (bicyclic) bond motifs is 1. The van der Waals surface area contributed by atoms with Crippen molar-refractivity contribution in [3.63, 3.8) is 0 Å². The van der Waals surface area contributed by atoms with Gasteiger partial charge in [-0.1, -0.05) is 0 Å². The minimum atomic E-state index is -4.62. The van der Waals surface area contributed by atoms with Crippen LogP contribution in [0, 0.1) is 0 Å². The van der Waals surface area contributed by atoms with E-state index in [4.69, 9.17) is 4.74 Å². The van der Waals surface area contributed by atoms with Gasteiger partial charge in [0.05, 0.1) is 6.54 Å². The van der Waals surface area contributed by atoms with Gasteiger partial charge in [-0.05, 0) is 43.3 Å². The Morgan fingerprint density at radius 2 is 1.72 bits per heavy atom. The lowest BCUT2D eigenvalue weighted by atomic mass is 10.2. The second-order valence-electron chi connectivity index (χ2n) is 8.96. The molecule has 1 unspecified atom stereocenters. The van der Waals surface area contributed by atoms with E-state index in [0.717, 1.165) is 22.5 Å². The van der Waals surface area contributed by atoms with E-state index in [1.54, 1.807) is 6.07 Å². The highest BCUT2D eigenvalue weighted by molar-refractivity contribution is 5.78. The number of nitrogens with zero attached hydrogens (tertiary/aromatic N) is 7. The SMILES string of the molecule is CC(CN1CCNC(=O)C1)Oc1ccc(N2CCN(c3ccc4nnc(C(F)(F)F)n4n3)CC2)cc1. The van der Waals surface area contributed by atoms with Gasteiger partial charge in [0, 0.05) is 51.5 Å². The highest BCUT2D eigenvalue weighted by Crippen LogP contribution is 2.28. The molecule has 13 heteroatoms. The zero-order valence-corrected chi connectivity index (χ0v) is 19.8. The molecule has 5 rings (SSSR count). The first kappa shape index (κ1) is 24.1. The van der Waals surface area contributed by atoms with Crippen molar-refractivity contribution in [1.82, 2.24) is 30.0 Å². The number of aromatic nitrogens is 4. The summed E-state index contributed by atoms with van der Waals surface area (Å²) in [4.78, 5) is 17.8. The van der Waals surface area contributed by atoms with Gasteiger partial charge in [-0.25, -0.2) is 0 Å². The van der Waals surface area contributed by atoms with Crippen LogP contribution >= 0.6 is 0 Å². The van der Waals surface area contributed by atoms with Crippen molar-refractivity contribution in [2.45, 2.75) is 19.2 Å². The Bertz CT molecular complexity index is 1210. The van der Waals surface area contributed by atoms with Crippen molar-refractivity contribution in [2.75, 3.05) is 62.2 Å². The Morgan fingerprint density at radius 1 is 1.00 bits per heavy atom. The number of carbonyl (C=O) groups is 1. The number of amides is 1. The molecule has 192 valence electrons. The molecule has 2 aromatic heterocycles. The molecule has 0 bridgehead atoms. The fourth-order valence-electron chi connectivity index (χ4n) is 4.53. The number of anilines is 2. The van der Waals surface area contributed by atoms with E-state index < -0.39 is 12.0 Å². The number of ether oxygens (including phenoxy) is 1. The lowest BCUT2D eigenvalue weighted by Gasteiger charge is -2.36. The number of rotatable bonds is 6. The van der Waals surface area contributed by atoms with Crippen LogP contribution in [0.5, 0.6) is 5.75 Å². The third-order valence-corrected chi connectivity index (χ3v) is 6.28. The molecule has 10 nitrogen and oxygen atoms in total. The number of alkyl halides is 3. The highest BCUT2D eigenvalue weighted by Gasteiger charge is 2.38. The molecule has 2 saturated heterocycles. The summed E-state index contributed by atoms with van der Waals surface area (Å²) >= 11 is 0. The minimum Gasteiger partial charge on any atom is -0.489 e. The monoisotopic (exact) mass is 504 g/mol. The van der Waals surface area contributed by atoms with Crippen LogP contribution < -0.4 is 19.9 Å². The Morgan fingerprint density at radius 3 is 2.42 bits per heavy atom.